The Morgan fingerprint density at radius 3 is 2.69 bits per heavy atom. The zero-order valence-electron chi connectivity index (χ0n) is 8.22. The largest absolute Gasteiger partial charge is 0.504 e. The van der Waals surface area contributed by atoms with Crippen LogP contribution in [-0.2, 0) is 0 Å². The van der Waals surface area contributed by atoms with Gasteiger partial charge in [-0.3, -0.25) is 0 Å². The predicted molar refractivity (Wildman–Crippen MR) is 69.5 cm³/mol. The molecule has 5 heteroatoms. The number of hydrogen-bond donors (Lipinski definition) is 2. The number of pyridine rings is 1. The summed E-state index contributed by atoms with van der Waals surface area (Å²) >= 11 is 4.64. The van der Waals surface area contributed by atoms with E-state index in [0.29, 0.717) is 5.82 Å². The first-order chi connectivity index (χ1) is 7.75. The molecule has 0 saturated heterocycles. The number of aromatic hydroxyl groups is 1. The molecule has 16 heavy (non-hydrogen) atoms. The summed E-state index contributed by atoms with van der Waals surface area (Å²) in [6.45, 7) is 0. The van der Waals surface area contributed by atoms with E-state index in [1.807, 2.05) is 30.3 Å². The summed E-state index contributed by atoms with van der Waals surface area (Å²) in [5.41, 5.74) is 0. The van der Waals surface area contributed by atoms with E-state index in [-0.39, 0.29) is 5.75 Å². The van der Waals surface area contributed by atoms with Gasteiger partial charge in [-0.05, 0) is 46.1 Å². The van der Waals surface area contributed by atoms with Gasteiger partial charge in [0.1, 0.15) is 0 Å². The first kappa shape index (κ1) is 11.3. The Kier molecular flexibility index (Phi) is 3.69. The van der Waals surface area contributed by atoms with Gasteiger partial charge in [0.2, 0.25) is 0 Å². The predicted octanol–water partition coefficient (Wildman–Crippen LogP) is 3.67. The van der Waals surface area contributed by atoms with E-state index < -0.39 is 0 Å². The third kappa shape index (κ3) is 2.90. The van der Waals surface area contributed by atoms with Crippen LogP contribution in [0.5, 0.6) is 5.75 Å². The average molecular weight is 297 g/mol. The number of halogens is 1. The van der Waals surface area contributed by atoms with E-state index in [2.05, 4.69) is 25.6 Å². The Bertz CT molecular complexity index is 479. The lowest BCUT2D eigenvalue weighted by Crippen LogP contribution is -1.90. The van der Waals surface area contributed by atoms with Gasteiger partial charge in [-0.2, -0.15) is 0 Å². The summed E-state index contributed by atoms with van der Waals surface area (Å²) in [5, 5.41) is 9.60. The van der Waals surface area contributed by atoms with Crippen LogP contribution in [0, 0.1) is 0 Å². The van der Waals surface area contributed by atoms with E-state index in [0.717, 1.165) is 9.37 Å². The molecule has 2 rings (SSSR count). The standard InChI is InChI=1S/C11H9BrN2OS/c12-8-6-10(15)11(13-7-8)14-16-9-4-2-1-3-5-9/h1-7,15H,(H,13,14). The Morgan fingerprint density at radius 2 is 2.00 bits per heavy atom. The van der Waals surface area contributed by atoms with Crippen molar-refractivity contribution in [2.24, 2.45) is 0 Å². The molecule has 0 aliphatic carbocycles. The van der Waals surface area contributed by atoms with Crippen LogP contribution in [0.15, 0.2) is 52.0 Å². The Morgan fingerprint density at radius 1 is 1.25 bits per heavy atom. The normalized spacial score (nSPS) is 10.1. The lowest BCUT2D eigenvalue weighted by atomic mass is 10.4. The minimum atomic E-state index is 0.123. The highest BCUT2D eigenvalue weighted by atomic mass is 79.9. The van der Waals surface area contributed by atoms with Crippen molar-refractivity contribution in [3.8, 4) is 5.75 Å². The first-order valence-corrected chi connectivity index (χ1v) is 6.19. The smallest absolute Gasteiger partial charge is 0.178 e. The van der Waals surface area contributed by atoms with Crippen molar-refractivity contribution in [1.29, 1.82) is 0 Å². The summed E-state index contributed by atoms with van der Waals surface area (Å²) in [6, 6.07) is 11.4. The molecule has 0 fully saturated rings. The molecular weight excluding hydrogens is 288 g/mol. The van der Waals surface area contributed by atoms with Gasteiger partial charge in [0, 0.05) is 15.6 Å². The minimum absolute atomic E-state index is 0.123. The number of rotatable bonds is 3. The second-order valence-corrected chi connectivity index (χ2v) is 4.83. The summed E-state index contributed by atoms with van der Waals surface area (Å²) in [7, 11) is 0. The minimum Gasteiger partial charge on any atom is -0.504 e. The van der Waals surface area contributed by atoms with Gasteiger partial charge in [-0.1, -0.05) is 18.2 Å². The van der Waals surface area contributed by atoms with Crippen LogP contribution < -0.4 is 4.72 Å². The third-order valence-corrected chi connectivity index (χ3v) is 3.08. The molecule has 2 N–H and O–H groups in total. The average Bonchev–Trinajstić information content (AvgIpc) is 2.29. The monoisotopic (exact) mass is 296 g/mol. The van der Waals surface area contributed by atoms with Gasteiger partial charge in [0.25, 0.3) is 0 Å². The number of benzene rings is 1. The van der Waals surface area contributed by atoms with Crippen molar-refractivity contribution in [2.45, 2.75) is 4.90 Å². The van der Waals surface area contributed by atoms with Crippen LogP contribution in [-0.4, -0.2) is 10.1 Å². The molecule has 0 radical (unpaired) electrons. The van der Waals surface area contributed by atoms with Crippen molar-refractivity contribution in [1.82, 2.24) is 4.98 Å². The third-order valence-electron chi connectivity index (χ3n) is 1.84. The summed E-state index contributed by atoms with van der Waals surface area (Å²) in [5.74, 6) is 0.579. The summed E-state index contributed by atoms with van der Waals surface area (Å²) in [4.78, 5) is 5.13. The lowest BCUT2D eigenvalue weighted by Gasteiger charge is -2.06. The van der Waals surface area contributed by atoms with Gasteiger partial charge >= 0.3 is 0 Å². The number of aromatic nitrogens is 1. The molecule has 0 spiro atoms. The van der Waals surface area contributed by atoms with Gasteiger partial charge < -0.3 is 9.83 Å². The van der Waals surface area contributed by atoms with Gasteiger partial charge in [0.15, 0.2) is 11.6 Å². The molecule has 1 aromatic carbocycles. The molecule has 3 nitrogen and oxygen atoms in total. The van der Waals surface area contributed by atoms with Crippen molar-refractivity contribution in [3.05, 3.63) is 47.1 Å². The maximum atomic E-state index is 9.60. The molecular formula is C11H9BrN2OS. The highest BCUT2D eigenvalue weighted by Crippen LogP contribution is 2.28. The molecule has 0 aliphatic rings. The highest BCUT2D eigenvalue weighted by Gasteiger charge is 2.03. The van der Waals surface area contributed by atoms with E-state index in [1.165, 1.54) is 11.9 Å². The van der Waals surface area contributed by atoms with Crippen molar-refractivity contribution in [2.75, 3.05) is 4.72 Å². The van der Waals surface area contributed by atoms with E-state index in [4.69, 9.17) is 0 Å². The molecule has 0 amide bonds. The second kappa shape index (κ2) is 5.23. The van der Waals surface area contributed by atoms with Crippen molar-refractivity contribution < 1.29 is 5.11 Å². The molecule has 1 aromatic heterocycles. The molecule has 0 atom stereocenters. The Labute approximate surface area is 106 Å². The van der Waals surface area contributed by atoms with Crippen molar-refractivity contribution in [3.63, 3.8) is 0 Å². The van der Waals surface area contributed by atoms with Crippen LogP contribution in [0.3, 0.4) is 0 Å². The van der Waals surface area contributed by atoms with Crippen molar-refractivity contribution >= 4 is 33.7 Å². The van der Waals surface area contributed by atoms with Crippen LogP contribution in [0.1, 0.15) is 0 Å². The van der Waals surface area contributed by atoms with Gasteiger partial charge in [0.05, 0.1) is 0 Å². The van der Waals surface area contributed by atoms with Crippen LogP contribution >= 0.6 is 27.9 Å². The van der Waals surface area contributed by atoms with Gasteiger partial charge in [-0.15, -0.1) is 0 Å². The number of nitrogens with zero attached hydrogens (tertiary/aromatic N) is 1. The molecule has 0 bridgehead atoms. The first-order valence-electron chi connectivity index (χ1n) is 4.58. The lowest BCUT2D eigenvalue weighted by molar-refractivity contribution is 0.475. The van der Waals surface area contributed by atoms with E-state index >= 15 is 0 Å². The molecule has 82 valence electrons. The number of hydrogen-bond acceptors (Lipinski definition) is 4. The topological polar surface area (TPSA) is 45.2 Å². The number of nitrogens with one attached hydrogen (secondary N) is 1. The highest BCUT2D eigenvalue weighted by molar-refractivity contribution is 9.10. The molecule has 0 unspecified atom stereocenters. The fraction of sp³-hybridized carbons (Fsp3) is 0. The number of anilines is 1. The maximum absolute atomic E-state index is 9.60. The van der Waals surface area contributed by atoms with E-state index in [9.17, 15) is 5.11 Å². The zero-order chi connectivity index (χ0) is 11.4. The second-order valence-electron chi connectivity index (χ2n) is 3.04. The quantitative estimate of drug-likeness (QED) is 0.849. The molecule has 0 aliphatic heterocycles. The van der Waals surface area contributed by atoms with E-state index in [1.54, 1.807) is 12.3 Å². The Balaban J connectivity index is 2.05. The fourth-order valence-electron chi connectivity index (χ4n) is 1.10. The summed E-state index contributed by atoms with van der Waals surface area (Å²) in [6.07, 6.45) is 1.63. The fourth-order valence-corrected chi connectivity index (χ4v) is 2.09. The molecule has 0 saturated carbocycles. The zero-order valence-corrected chi connectivity index (χ0v) is 10.6. The molecule has 1 heterocycles. The maximum Gasteiger partial charge on any atom is 0.178 e. The molecule has 2 aromatic rings. The SMILES string of the molecule is Oc1cc(Br)cnc1NSc1ccccc1. The van der Waals surface area contributed by atoms with Crippen LogP contribution in [0.2, 0.25) is 0 Å². The van der Waals surface area contributed by atoms with Crippen LogP contribution in [0.4, 0.5) is 5.82 Å². The van der Waals surface area contributed by atoms with Crippen LogP contribution in [0.25, 0.3) is 0 Å². The Hall–Kier alpha value is -1.20. The summed E-state index contributed by atoms with van der Waals surface area (Å²) < 4.78 is 3.74. The van der Waals surface area contributed by atoms with Gasteiger partial charge in [-0.25, -0.2) is 4.98 Å².